The number of para-hydroxylation sites is 1. The van der Waals surface area contributed by atoms with Crippen LogP contribution in [0.3, 0.4) is 0 Å². The number of hydrogen-bond donors (Lipinski definition) is 1. The molecule has 2 aromatic carbocycles. The van der Waals surface area contributed by atoms with Crippen LogP contribution in [0.2, 0.25) is 0 Å². The summed E-state index contributed by atoms with van der Waals surface area (Å²) in [5, 5.41) is 12.7. The van der Waals surface area contributed by atoms with E-state index in [1.54, 1.807) is 11.8 Å². The molecule has 0 aliphatic heterocycles. The lowest BCUT2D eigenvalue weighted by Gasteiger charge is -2.17. The number of carbonyl (C=O) groups excluding carboxylic acids is 1. The first-order valence-corrected chi connectivity index (χ1v) is 10.9. The highest BCUT2D eigenvalue weighted by Gasteiger charge is 2.25. The average molecular weight is 446 g/mol. The van der Waals surface area contributed by atoms with Gasteiger partial charge in [0.15, 0.2) is 5.52 Å². The van der Waals surface area contributed by atoms with Crippen molar-refractivity contribution in [3.05, 3.63) is 81.9 Å². The van der Waals surface area contributed by atoms with Gasteiger partial charge in [0.2, 0.25) is 5.91 Å². The average Bonchev–Trinajstić information content (AvgIpc) is 3.20. The Morgan fingerprint density at radius 3 is 2.55 bits per heavy atom. The van der Waals surface area contributed by atoms with Gasteiger partial charge in [-0.05, 0) is 50.1 Å². The second kappa shape index (κ2) is 9.28. The summed E-state index contributed by atoms with van der Waals surface area (Å²) >= 11 is 0. The molecule has 2 aromatic heterocycles. The van der Waals surface area contributed by atoms with Gasteiger partial charge in [0.25, 0.3) is 5.56 Å². The van der Waals surface area contributed by atoms with Crippen LogP contribution in [0, 0.1) is 13.8 Å². The number of nitrogens with one attached hydrogen (secondary N) is 1. The third-order valence-electron chi connectivity index (χ3n) is 5.73. The van der Waals surface area contributed by atoms with Gasteiger partial charge < -0.3 is 10.1 Å². The molecule has 0 bridgehead atoms. The van der Waals surface area contributed by atoms with Crippen LogP contribution in [0.1, 0.15) is 36.3 Å². The summed E-state index contributed by atoms with van der Waals surface area (Å²) in [5.74, 6) is 0.449. The number of ether oxygens (including phenoxy) is 1. The van der Waals surface area contributed by atoms with Crippen molar-refractivity contribution < 1.29 is 9.53 Å². The Labute approximate surface area is 191 Å². The number of aryl methyl sites for hydroxylation is 2. The molecular weight excluding hydrogens is 418 g/mol. The molecule has 33 heavy (non-hydrogen) atoms. The maximum Gasteiger partial charge on any atom is 0.295 e. The van der Waals surface area contributed by atoms with E-state index in [0.717, 1.165) is 22.7 Å². The van der Waals surface area contributed by atoms with E-state index in [0.29, 0.717) is 29.6 Å². The van der Waals surface area contributed by atoms with Crippen LogP contribution in [-0.4, -0.2) is 32.6 Å². The molecule has 4 aromatic rings. The van der Waals surface area contributed by atoms with Crippen LogP contribution < -0.4 is 15.6 Å². The lowest BCUT2D eigenvalue weighted by Crippen LogP contribution is -2.38. The van der Waals surface area contributed by atoms with Crippen LogP contribution in [0.4, 0.5) is 0 Å². The van der Waals surface area contributed by atoms with Gasteiger partial charge in [-0.2, -0.15) is 10.2 Å². The number of benzene rings is 2. The number of nitrogens with zero attached hydrogens (tertiary/aromatic N) is 4. The number of aromatic nitrogens is 4. The Balaban J connectivity index is 1.68. The number of fused-ring (bicyclic) bond motifs is 1. The lowest BCUT2D eigenvalue weighted by atomic mass is 10.1. The molecule has 1 atom stereocenters. The molecular formula is C25H27N5O3. The van der Waals surface area contributed by atoms with Crippen molar-refractivity contribution in [2.75, 3.05) is 7.11 Å². The molecule has 0 spiro atoms. The Morgan fingerprint density at radius 2 is 1.85 bits per heavy atom. The van der Waals surface area contributed by atoms with Gasteiger partial charge in [0.05, 0.1) is 29.6 Å². The predicted octanol–water partition coefficient (Wildman–Crippen LogP) is 3.48. The fraction of sp³-hybridized carbons (Fsp3) is 0.280. The van der Waals surface area contributed by atoms with E-state index in [2.05, 4.69) is 15.5 Å². The van der Waals surface area contributed by atoms with E-state index in [1.165, 1.54) is 4.68 Å². The topological polar surface area (TPSA) is 91.0 Å². The molecule has 0 aliphatic carbocycles. The Hall–Kier alpha value is -3.94. The van der Waals surface area contributed by atoms with E-state index in [1.807, 2.05) is 75.4 Å². The first kappa shape index (κ1) is 22.3. The minimum absolute atomic E-state index is 0.270. The van der Waals surface area contributed by atoms with Crippen LogP contribution in [-0.2, 0) is 11.3 Å². The molecule has 1 amide bonds. The Kier molecular flexibility index (Phi) is 6.26. The van der Waals surface area contributed by atoms with Crippen LogP contribution in [0.15, 0.2) is 59.4 Å². The molecule has 0 aliphatic rings. The number of hydrogen-bond acceptors (Lipinski definition) is 5. The second-order valence-corrected chi connectivity index (χ2v) is 7.88. The molecule has 4 rings (SSSR count). The highest BCUT2D eigenvalue weighted by Crippen LogP contribution is 2.22. The lowest BCUT2D eigenvalue weighted by molar-refractivity contribution is -0.125. The van der Waals surface area contributed by atoms with Gasteiger partial charge >= 0.3 is 0 Å². The summed E-state index contributed by atoms with van der Waals surface area (Å²) in [6.45, 7) is 5.93. The third-order valence-corrected chi connectivity index (χ3v) is 5.73. The van der Waals surface area contributed by atoms with E-state index in [9.17, 15) is 9.59 Å². The number of rotatable bonds is 7. The van der Waals surface area contributed by atoms with Gasteiger partial charge in [-0.15, -0.1) is 0 Å². The van der Waals surface area contributed by atoms with E-state index < -0.39 is 6.04 Å². The van der Waals surface area contributed by atoms with Gasteiger partial charge in [-0.25, -0.2) is 9.36 Å². The molecule has 0 saturated heterocycles. The van der Waals surface area contributed by atoms with Crippen LogP contribution >= 0.6 is 0 Å². The van der Waals surface area contributed by atoms with E-state index >= 15 is 0 Å². The maximum atomic E-state index is 13.4. The summed E-state index contributed by atoms with van der Waals surface area (Å²) in [5.41, 5.74) is 3.19. The van der Waals surface area contributed by atoms with Crippen molar-refractivity contribution in [3.8, 4) is 11.4 Å². The highest BCUT2D eigenvalue weighted by atomic mass is 16.5. The molecule has 8 nitrogen and oxygen atoms in total. The SMILES string of the molecule is CCC(C(=O)NCc1cccc(OC)c1)n1nc(C)c2c(C)n(-c3ccccc3)nc2c1=O. The van der Waals surface area contributed by atoms with Crippen molar-refractivity contribution in [2.45, 2.75) is 39.8 Å². The molecule has 1 N–H and O–H groups in total. The third kappa shape index (κ3) is 4.24. The zero-order valence-corrected chi connectivity index (χ0v) is 19.2. The number of amides is 1. The largest absolute Gasteiger partial charge is 0.497 e. The zero-order chi connectivity index (χ0) is 23.5. The standard InChI is InChI=1S/C25H27N5O3/c1-5-21(24(31)26-15-18-10-9-13-20(14-18)33-4)30-25(32)23-22(16(2)27-30)17(3)29(28-23)19-11-7-6-8-12-19/h6-14,21H,5,15H2,1-4H3,(H,26,31). The normalized spacial score (nSPS) is 12.0. The van der Waals surface area contributed by atoms with Crippen molar-refractivity contribution in [1.29, 1.82) is 0 Å². The highest BCUT2D eigenvalue weighted by molar-refractivity contribution is 5.84. The Bertz CT molecular complexity index is 1360. The van der Waals surface area contributed by atoms with Crippen molar-refractivity contribution >= 4 is 16.8 Å². The van der Waals surface area contributed by atoms with Gasteiger partial charge in [0, 0.05) is 6.54 Å². The van der Waals surface area contributed by atoms with Crippen LogP contribution in [0.25, 0.3) is 16.6 Å². The minimum Gasteiger partial charge on any atom is -0.497 e. The first-order valence-electron chi connectivity index (χ1n) is 10.9. The van der Waals surface area contributed by atoms with E-state index in [-0.39, 0.29) is 11.5 Å². The molecule has 1 unspecified atom stereocenters. The quantitative estimate of drug-likeness (QED) is 0.470. The molecule has 8 heteroatoms. The maximum absolute atomic E-state index is 13.4. The summed E-state index contributed by atoms with van der Waals surface area (Å²) in [6.07, 6.45) is 0.417. The van der Waals surface area contributed by atoms with Crippen molar-refractivity contribution in [3.63, 3.8) is 0 Å². The van der Waals surface area contributed by atoms with Crippen molar-refractivity contribution in [1.82, 2.24) is 24.9 Å². The Morgan fingerprint density at radius 1 is 1.09 bits per heavy atom. The summed E-state index contributed by atoms with van der Waals surface area (Å²) in [6, 6.07) is 16.4. The zero-order valence-electron chi connectivity index (χ0n) is 19.2. The van der Waals surface area contributed by atoms with Crippen molar-refractivity contribution in [2.24, 2.45) is 0 Å². The fourth-order valence-corrected chi connectivity index (χ4v) is 4.04. The fourth-order valence-electron chi connectivity index (χ4n) is 4.04. The summed E-state index contributed by atoms with van der Waals surface area (Å²) in [7, 11) is 1.60. The first-order chi connectivity index (χ1) is 15.9. The minimum atomic E-state index is -0.742. The molecule has 0 radical (unpaired) electrons. The monoisotopic (exact) mass is 445 g/mol. The molecule has 170 valence electrons. The van der Waals surface area contributed by atoms with Gasteiger partial charge in [-0.3, -0.25) is 9.59 Å². The van der Waals surface area contributed by atoms with Gasteiger partial charge in [0.1, 0.15) is 11.8 Å². The van der Waals surface area contributed by atoms with Crippen LogP contribution in [0.5, 0.6) is 5.75 Å². The molecule has 2 heterocycles. The summed E-state index contributed by atoms with van der Waals surface area (Å²) in [4.78, 5) is 26.4. The number of methoxy groups -OCH3 is 1. The summed E-state index contributed by atoms with van der Waals surface area (Å²) < 4.78 is 8.25. The molecule has 0 fully saturated rings. The number of carbonyl (C=O) groups is 1. The predicted molar refractivity (Wildman–Crippen MR) is 127 cm³/mol. The van der Waals surface area contributed by atoms with E-state index in [4.69, 9.17) is 4.74 Å². The molecule has 0 saturated carbocycles. The smallest absolute Gasteiger partial charge is 0.295 e. The van der Waals surface area contributed by atoms with Gasteiger partial charge in [-0.1, -0.05) is 37.3 Å². The second-order valence-electron chi connectivity index (χ2n) is 7.88.